The van der Waals surface area contributed by atoms with E-state index in [1.165, 1.54) is 17.0 Å². The minimum absolute atomic E-state index is 0.0413. The Balaban J connectivity index is 1.83. The Morgan fingerprint density at radius 2 is 2.26 bits per heavy atom. The number of nitrogens with one attached hydrogen (secondary N) is 1. The number of aromatic nitrogens is 1. The number of amides is 2. The van der Waals surface area contributed by atoms with E-state index in [9.17, 15) is 14.0 Å². The summed E-state index contributed by atoms with van der Waals surface area (Å²) in [6.07, 6.45) is 0.0413. The van der Waals surface area contributed by atoms with Gasteiger partial charge in [-0.15, -0.1) is 0 Å². The van der Waals surface area contributed by atoms with Crippen LogP contribution in [0, 0.1) is 12.7 Å². The van der Waals surface area contributed by atoms with Crippen LogP contribution in [-0.4, -0.2) is 28.9 Å². The van der Waals surface area contributed by atoms with Gasteiger partial charge in [-0.3, -0.25) is 9.59 Å². The van der Waals surface area contributed by atoms with Crippen molar-refractivity contribution in [3.63, 3.8) is 0 Å². The Morgan fingerprint density at radius 1 is 1.48 bits per heavy atom. The van der Waals surface area contributed by atoms with Crippen molar-refractivity contribution in [2.45, 2.75) is 25.8 Å². The number of rotatable bonds is 3. The summed E-state index contributed by atoms with van der Waals surface area (Å²) in [6.45, 7) is 2.05. The molecule has 1 N–H and O–H groups in total. The molecule has 7 heteroatoms. The van der Waals surface area contributed by atoms with E-state index >= 15 is 0 Å². The molecule has 3 rings (SSSR count). The second-order valence-electron chi connectivity index (χ2n) is 5.66. The maximum atomic E-state index is 13.3. The lowest BCUT2D eigenvalue weighted by Gasteiger charge is -2.28. The van der Waals surface area contributed by atoms with E-state index in [4.69, 9.17) is 4.52 Å². The molecule has 1 atom stereocenters. The van der Waals surface area contributed by atoms with Crippen LogP contribution in [0.1, 0.15) is 29.4 Å². The fourth-order valence-electron chi connectivity index (χ4n) is 2.74. The smallest absolute Gasteiger partial charge is 0.230 e. The summed E-state index contributed by atoms with van der Waals surface area (Å²) >= 11 is 0. The molecule has 0 saturated carbocycles. The summed E-state index contributed by atoms with van der Waals surface area (Å²) in [4.78, 5) is 26.0. The molecule has 1 aromatic carbocycles. The molecule has 120 valence electrons. The van der Waals surface area contributed by atoms with Crippen LogP contribution < -0.4 is 5.32 Å². The molecule has 0 aliphatic carbocycles. The number of halogens is 1. The zero-order valence-corrected chi connectivity index (χ0v) is 12.8. The third-order valence-electron chi connectivity index (χ3n) is 3.80. The first kappa shape index (κ1) is 15.2. The van der Waals surface area contributed by atoms with Gasteiger partial charge in [-0.05, 0) is 24.6 Å². The average Bonchev–Trinajstić information content (AvgIpc) is 2.90. The molecule has 2 amide bonds. The van der Waals surface area contributed by atoms with Gasteiger partial charge in [-0.1, -0.05) is 11.2 Å². The number of hydrogen-bond donors (Lipinski definition) is 1. The van der Waals surface area contributed by atoms with Crippen molar-refractivity contribution in [2.24, 2.45) is 0 Å². The lowest BCUT2D eigenvalue weighted by molar-refractivity contribution is -0.134. The van der Waals surface area contributed by atoms with Crippen molar-refractivity contribution in [2.75, 3.05) is 12.4 Å². The molecule has 0 radical (unpaired) electrons. The Bertz CT molecular complexity index is 772. The van der Waals surface area contributed by atoms with Gasteiger partial charge in [-0.2, -0.15) is 0 Å². The second-order valence-corrected chi connectivity index (χ2v) is 5.66. The molecule has 2 aromatic rings. The summed E-state index contributed by atoms with van der Waals surface area (Å²) in [7, 11) is 1.64. The van der Waals surface area contributed by atoms with Crippen LogP contribution in [0.15, 0.2) is 28.8 Å². The maximum Gasteiger partial charge on any atom is 0.230 e. The molecule has 6 nitrogen and oxygen atoms in total. The third-order valence-corrected chi connectivity index (χ3v) is 3.80. The molecule has 2 heterocycles. The average molecular weight is 317 g/mol. The summed E-state index contributed by atoms with van der Waals surface area (Å²) in [6, 6.07) is 5.81. The van der Waals surface area contributed by atoms with Crippen LogP contribution in [-0.2, 0) is 16.1 Å². The Kier molecular flexibility index (Phi) is 3.85. The number of hydrogen-bond acceptors (Lipinski definition) is 4. The molecule has 1 aliphatic heterocycles. The van der Waals surface area contributed by atoms with Crippen molar-refractivity contribution in [3.05, 3.63) is 47.1 Å². The minimum atomic E-state index is -0.627. The molecular formula is C16H16FN3O3. The van der Waals surface area contributed by atoms with Gasteiger partial charge in [0.1, 0.15) is 17.3 Å². The van der Waals surface area contributed by atoms with Gasteiger partial charge in [0.05, 0.1) is 12.5 Å². The van der Waals surface area contributed by atoms with Crippen LogP contribution >= 0.6 is 0 Å². The molecular weight excluding hydrogens is 301 g/mol. The van der Waals surface area contributed by atoms with Crippen molar-refractivity contribution in [3.8, 4) is 0 Å². The van der Waals surface area contributed by atoms with E-state index in [-0.39, 0.29) is 24.8 Å². The van der Waals surface area contributed by atoms with Crippen molar-refractivity contribution < 1.29 is 18.5 Å². The summed E-state index contributed by atoms with van der Waals surface area (Å²) < 4.78 is 18.3. The number of nitrogens with zero attached hydrogens (tertiary/aromatic N) is 2. The van der Waals surface area contributed by atoms with Gasteiger partial charge < -0.3 is 14.7 Å². The van der Waals surface area contributed by atoms with Crippen molar-refractivity contribution >= 4 is 17.5 Å². The number of aryl methyl sites for hydroxylation is 1. The lowest BCUT2D eigenvalue weighted by Crippen LogP contribution is -2.36. The lowest BCUT2D eigenvalue weighted by atomic mass is 9.89. The Hall–Kier alpha value is -2.70. The van der Waals surface area contributed by atoms with Gasteiger partial charge in [-0.25, -0.2) is 4.39 Å². The monoisotopic (exact) mass is 317 g/mol. The fourth-order valence-corrected chi connectivity index (χ4v) is 2.74. The summed E-state index contributed by atoms with van der Waals surface area (Å²) in [5, 5.41) is 6.46. The van der Waals surface area contributed by atoms with Crippen molar-refractivity contribution in [1.29, 1.82) is 0 Å². The van der Waals surface area contributed by atoms with Crippen LogP contribution in [0.3, 0.4) is 0 Å². The van der Waals surface area contributed by atoms with Crippen LogP contribution in [0.2, 0.25) is 0 Å². The summed E-state index contributed by atoms with van der Waals surface area (Å²) in [5.74, 6) is -0.930. The predicted octanol–water partition coefficient (Wildman–Crippen LogP) is 2.21. The second kappa shape index (κ2) is 5.83. The van der Waals surface area contributed by atoms with E-state index in [0.717, 1.165) is 0 Å². The van der Waals surface area contributed by atoms with E-state index in [0.29, 0.717) is 22.7 Å². The number of likely N-dealkylation sites (N-methyl/N-ethyl adjacent to an activating group) is 1. The third kappa shape index (κ3) is 3.08. The number of benzene rings is 1. The number of anilines is 1. The van der Waals surface area contributed by atoms with Gasteiger partial charge in [0, 0.05) is 25.2 Å². The largest absolute Gasteiger partial charge is 0.361 e. The first-order valence-corrected chi connectivity index (χ1v) is 7.20. The summed E-state index contributed by atoms with van der Waals surface area (Å²) in [5.41, 5.74) is 1.61. The molecule has 1 aliphatic rings. The number of carbonyl (C=O) groups is 2. The molecule has 1 unspecified atom stereocenters. The quantitative estimate of drug-likeness (QED) is 0.941. The SMILES string of the molecule is Cc1cc(CN(C)C(=O)C2CC(=O)Nc3cc(F)ccc32)no1. The van der Waals surface area contributed by atoms with E-state index in [1.54, 1.807) is 26.1 Å². The topological polar surface area (TPSA) is 75.4 Å². The highest BCUT2D eigenvalue weighted by Gasteiger charge is 2.32. The molecule has 0 bridgehead atoms. The molecule has 23 heavy (non-hydrogen) atoms. The number of carbonyl (C=O) groups excluding carboxylic acids is 2. The Labute approximate surface area is 132 Å². The molecule has 0 spiro atoms. The van der Waals surface area contributed by atoms with Crippen LogP contribution in [0.5, 0.6) is 0 Å². The molecule has 0 fully saturated rings. The minimum Gasteiger partial charge on any atom is -0.361 e. The molecule has 1 aromatic heterocycles. The number of fused-ring (bicyclic) bond motifs is 1. The van der Waals surface area contributed by atoms with Crippen LogP contribution in [0.25, 0.3) is 0 Å². The first-order chi connectivity index (χ1) is 10.9. The molecule has 0 saturated heterocycles. The van der Waals surface area contributed by atoms with Gasteiger partial charge in [0.15, 0.2) is 0 Å². The zero-order chi connectivity index (χ0) is 16.6. The van der Waals surface area contributed by atoms with Gasteiger partial charge in [0.25, 0.3) is 0 Å². The first-order valence-electron chi connectivity index (χ1n) is 7.20. The van der Waals surface area contributed by atoms with E-state index in [1.807, 2.05) is 0 Å². The highest BCUT2D eigenvalue weighted by molar-refractivity contribution is 6.01. The zero-order valence-electron chi connectivity index (χ0n) is 12.8. The van der Waals surface area contributed by atoms with E-state index in [2.05, 4.69) is 10.5 Å². The van der Waals surface area contributed by atoms with Gasteiger partial charge in [0.2, 0.25) is 11.8 Å². The predicted molar refractivity (Wildman–Crippen MR) is 80.1 cm³/mol. The standard InChI is InChI=1S/C16H16FN3O3/c1-9-5-11(19-23-9)8-20(2)16(22)13-7-15(21)18-14-6-10(17)3-4-12(13)14/h3-6,13H,7-8H2,1-2H3,(H,18,21). The highest BCUT2D eigenvalue weighted by atomic mass is 19.1. The Morgan fingerprint density at radius 3 is 2.96 bits per heavy atom. The maximum absolute atomic E-state index is 13.3. The van der Waals surface area contributed by atoms with E-state index < -0.39 is 11.7 Å². The van der Waals surface area contributed by atoms with Crippen molar-refractivity contribution in [1.82, 2.24) is 10.1 Å². The highest BCUT2D eigenvalue weighted by Crippen LogP contribution is 2.34. The van der Waals surface area contributed by atoms with Gasteiger partial charge >= 0.3 is 0 Å². The normalized spacial score (nSPS) is 16.7. The fraction of sp³-hybridized carbons (Fsp3) is 0.312. The van der Waals surface area contributed by atoms with Crippen LogP contribution in [0.4, 0.5) is 10.1 Å².